The number of aliphatic carboxylic acids is 1. The highest BCUT2D eigenvalue weighted by Gasteiger charge is 2.37. The molecule has 3 heterocycles. The average molecular weight is 314 g/mol. The quantitative estimate of drug-likeness (QED) is 0.933. The predicted octanol–water partition coefficient (Wildman–Crippen LogP) is 1.99. The van der Waals surface area contributed by atoms with Gasteiger partial charge in [-0.15, -0.1) is 0 Å². The van der Waals surface area contributed by atoms with Crippen molar-refractivity contribution in [3.8, 4) is 0 Å². The Morgan fingerprint density at radius 1 is 1.39 bits per heavy atom. The summed E-state index contributed by atoms with van der Waals surface area (Å²) >= 11 is 0. The molecule has 0 bridgehead atoms. The standard InChI is InChI=1S/C17H18N2O4/c1-2-11-3-4-12(18-10-11)9-15(20)19-7-5-14-13(6-8-23-14)16(19)17(21)22/h3-4,6,8,10,16H,2,5,7,9H2,1H3,(H,21,22). The molecular formula is C17H18N2O4. The molecule has 1 atom stereocenters. The molecule has 1 aliphatic heterocycles. The van der Waals surface area contributed by atoms with Crippen LogP contribution in [0.1, 0.15) is 35.5 Å². The van der Waals surface area contributed by atoms with Crippen molar-refractivity contribution in [3.05, 3.63) is 53.2 Å². The Labute approximate surface area is 133 Å². The molecule has 0 aliphatic carbocycles. The normalized spacial score (nSPS) is 16.9. The number of rotatable bonds is 4. The lowest BCUT2D eigenvalue weighted by molar-refractivity contribution is -0.151. The topological polar surface area (TPSA) is 83.6 Å². The zero-order chi connectivity index (χ0) is 16.4. The lowest BCUT2D eigenvalue weighted by Crippen LogP contribution is -2.43. The summed E-state index contributed by atoms with van der Waals surface area (Å²) in [4.78, 5) is 29.8. The Morgan fingerprint density at radius 3 is 2.87 bits per heavy atom. The van der Waals surface area contributed by atoms with Crippen LogP contribution in [0.25, 0.3) is 0 Å². The van der Waals surface area contributed by atoms with Gasteiger partial charge in [0.1, 0.15) is 5.76 Å². The highest BCUT2D eigenvalue weighted by molar-refractivity contribution is 5.86. The largest absolute Gasteiger partial charge is 0.479 e. The average Bonchev–Trinajstić information content (AvgIpc) is 3.02. The molecule has 2 aromatic rings. The second kappa shape index (κ2) is 6.24. The van der Waals surface area contributed by atoms with E-state index in [0.29, 0.717) is 30.0 Å². The summed E-state index contributed by atoms with van der Waals surface area (Å²) in [5.74, 6) is -0.636. The molecule has 0 spiro atoms. The van der Waals surface area contributed by atoms with Gasteiger partial charge in [-0.05, 0) is 24.1 Å². The number of carboxylic acid groups (broad SMARTS) is 1. The van der Waals surface area contributed by atoms with E-state index in [0.717, 1.165) is 12.0 Å². The van der Waals surface area contributed by atoms with Gasteiger partial charge in [-0.1, -0.05) is 13.0 Å². The number of pyridine rings is 1. The Hall–Kier alpha value is -2.63. The maximum absolute atomic E-state index is 12.6. The zero-order valence-electron chi connectivity index (χ0n) is 12.9. The summed E-state index contributed by atoms with van der Waals surface area (Å²) in [6, 6.07) is 4.40. The molecule has 120 valence electrons. The van der Waals surface area contributed by atoms with Crippen LogP contribution in [-0.4, -0.2) is 33.4 Å². The second-order valence-electron chi connectivity index (χ2n) is 5.57. The highest BCUT2D eigenvalue weighted by Crippen LogP contribution is 2.31. The van der Waals surface area contributed by atoms with Gasteiger partial charge in [-0.2, -0.15) is 0 Å². The molecule has 1 aliphatic rings. The first kappa shape index (κ1) is 15.3. The van der Waals surface area contributed by atoms with Gasteiger partial charge >= 0.3 is 5.97 Å². The van der Waals surface area contributed by atoms with Gasteiger partial charge in [0, 0.05) is 30.4 Å². The van der Waals surface area contributed by atoms with Crippen molar-refractivity contribution in [2.24, 2.45) is 0 Å². The third-order valence-electron chi connectivity index (χ3n) is 4.15. The number of furan rings is 1. The molecule has 0 fully saturated rings. The minimum Gasteiger partial charge on any atom is -0.479 e. The summed E-state index contributed by atoms with van der Waals surface area (Å²) < 4.78 is 5.29. The molecule has 6 nitrogen and oxygen atoms in total. The van der Waals surface area contributed by atoms with E-state index in [4.69, 9.17) is 4.42 Å². The number of fused-ring (bicyclic) bond motifs is 1. The molecule has 3 rings (SSSR count). The summed E-state index contributed by atoms with van der Waals surface area (Å²) in [5.41, 5.74) is 2.31. The van der Waals surface area contributed by atoms with Crippen LogP contribution in [0.5, 0.6) is 0 Å². The number of carboxylic acids is 1. The smallest absolute Gasteiger partial charge is 0.331 e. The van der Waals surface area contributed by atoms with E-state index in [9.17, 15) is 14.7 Å². The van der Waals surface area contributed by atoms with Crippen LogP contribution in [0.15, 0.2) is 35.1 Å². The van der Waals surface area contributed by atoms with Gasteiger partial charge in [0.05, 0.1) is 12.7 Å². The van der Waals surface area contributed by atoms with Gasteiger partial charge < -0.3 is 14.4 Å². The fourth-order valence-corrected chi connectivity index (χ4v) is 2.88. The third kappa shape index (κ3) is 2.97. The maximum Gasteiger partial charge on any atom is 0.331 e. The van der Waals surface area contributed by atoms with E-state index < -0.39 is 12.0 Å². The Bertz CT molecular complexity index is 720. The fourth-order valence-electron chi connectivity index (χ4n) is 2.88. The number of carbonyl (C=O) groups is 2. The molecule has 0 radical (unpaired) electrons. The van der Waals surface area contributed by atoms with Crippen molar-refractivity contribution in [3.63, 3.8) is 0 Å². The van der Waals surface area contributed by atoms with Crippen molar-refractivity contribution in [1.82, 2.24) is 9.88 Å². The van der Waals surface area contributed by atoms with Crippen LogP contribution >= 0.6 is 0 Å². The Balaban J connectivity index is 1.79. The zero-order valence-corrected chi connectivity index (χ0v) is 12.9. The van der Waals surface area contributed by atoms with Crippen LogP contribution < -0.4 is 0 Å². The summed E-state index contributed by atoms with van der Waals surface area (Å²) in [6.07, 6.45) is 4.74. The molecule has 0 aromatic carbocycles. The van der Waals surface area contributed by atoms with E-state index in [1.165, 1.54) is 11.2 Å². The molecule has 0 saturated heterocycles. The monoisotopic (exact) mass is 314 g/mol. The Morgan fingerprint density at radius 2 is 2.22 bits per heavy atom. The van der Waals surface area contributed by atoms with Crippen LogP contribution in [0.3, 0.4) is 0 Å². The van der Waals surface area contributed by atoms with Crippen molar-refractivity contribution >= 4 is 11.9 Å². The number of aromatic nitrogens is 1. The molecule has 6 heteroatoms. The van der Waals surface area contributed by atoms with E-state index >= 15 is 0 Å². The number of nitrogens with zero attached hydrogens (tertiary/aromatic N) is 2. The summed E-state index contributed by atoms with van der Waals surface area (Å²) in [7, 11) is 0. The number of carbonyl (C=O) groups excluding carboxylic acids is 1. The third-order valence-corrected chi connectivity index (χ3v) is 4.15. The van der Waals surface area contributed by atoms with Crippen LogP contribution in [-0.2, 0) is 28.9 Å². The second-order valence-corrected chi connectivity index (χ2v) is 5.57. The Kier molecular flexibility index (Phi) is 4.14. The van der Waals surface area contributed by atoms with Gasteiger partial charge in [-0.25, -0.2) is 4.79 Å². The minimum absolute atomic E-state index is 0.0982. The van der Waals surface area contributed by atoms with Crippen molar-refractivity contribution in [2.45, 2.75) is 32.2 Å². The molecule has 1 amide bonds. The van der Waals surface area contributed by atoms with Crippen molar-refractivity contribution < 1.29 is 19.1 Å². The van der Waals surface area contributed by atoms with Gasteiger partial charge in [0.15, 0.2) is 6.04 Å². The van der Waals surface area contributed by atoms with Crippen LogP contribution in [0.4, 0.5) is 0 Å². The number of amides is 1. The minimum atomic E-state index is -1.05. The van der Waals surface area contributed by atoms with E-state index in [2.05, 4.69) is 4.98 Å². The lowest BCUT2D eigenvalue weighted by atomic mass is 9.98. The highest BCUT2D eigenvalue weighted by atomic mass is 16.4. The maximum atomic E-state index is 12.6. The molecule has 1 N–H and O–H groups in total. The van der Waals surface area contributed by atoms with E-state index in [1.54, 1.807) is 12.3 Å². The lowest BCUT2D eigenvalue weighted by Gasteiger charge is -2.32. The van der Waals surface area contributed by atoms with Crippen molar-refractivity contribution in [1.29, 1.82) is 0 Å². The predicted molar refractivity (Wildman–Crippen MR) is 81.8 cm³/mol. The van der Waals surface area contributed by atoms with Crippen LogP contribution in [0, 0.1) is 0 Å². The first-order chi connectivity index (χ1) is 11.1. The first-order valence-corrected chi connectivity index (χ1v) is 7.62. The SMILES string of the molecule is CCc1ccc(CC(=O)N2CCc3occc3C2C(=O)O)nc1. The molecule has 1 unspecified atom stereocenters. The molecule has 0 saturated carbocycles. The molecule has 2 aromatic heterocycles. The number of hydrogen-bond donors (Lipinski definition) is 1. The summed E-state index contributed by atoms with van der Waals surface area (Å²) in [5, 5.41) is 9.51. The van der Waals surface area contributed by atoms with Gasteiger partial charge in [0.25, 0.3) is 0 Å². The van der Waals surface area contributed by atoms with E-state index in [-0.39, 0.29) is 12.3 Å². The van der Waals surface area contributed by atoms with Gasteiger partial charge in [-0.3, -0.25) is 9.78 Å². The van der Waals surface area contributed by atoms with Crippen molar-refractivity contribution in [2.75, 3.05) is 6.54 Å². The molecular weight excluding hydrogens is 296 g/mol. The summed E-state index contributed by atoms with van der Waals surface area (Å²) in [6.45, 7) is 2.37. The van der Waals surface area contributed by atoms with Gasteiger partial charge in [0.2, 0.25) is 5.91 Å². The molecule has 23 heavy (non-hydrogen) atoms. The number of aryl methyl sites for hydroxylation is 1. The fraction of sp³-hybridized carbons (Fsp3) is 0.353. The van der Waals surface area contributed by atoms with E-state index in [1.807, 2.05) is 19.1 Å². The first-order valence-electron chi connectivity index (χ1n) is 7.62. The number of hydrogen-bond acceptors (Lipinski definition) is 4. The van der Waals surface area contributed by atoms with Crippen LogP contribution in [0.2, 0.25) is 0 Å².